The van der Waals surface area contributed by atoms with Crippen LogP contribution in [0.4, 0.5) is 0 Å². The molecular formula is C12H19N5O2. The number of hydrogen-bond donors (Lipinski definition) is 1. The molecule has 2 heterocycles. The Kier molecular flexibility index (Phi) is 3.57. The van der Waals surface area contributed by atoms with E-state index in [1.165, 1.54) is 17.9 Å². The number of nitrogens with two attached hydrogens (primary N) is 1. The average molecular weight is 265 g/mol. The third kappa shape index (κ3) is 2.10. The lowest BCUT2D eigenvalue weighted by Gasteiger charge is -2.15. The van der Waals surface area contributed by atoms with E-state index in [0.717, 1.165) is 23.8 Å². The van der Waals surface area contributed by atoms with Crippen molar-refractivity contribution in [2.45, 2.75) is 32.4 Å². The summed E-state index contributed by atoms with van der Waals surface area (Å²) in [7, 11) is 3.06. The first kappa shape index (κ1) is 13.5. The maximum atomic E-state index is 12.0. The summed E-state index contributed by atoms with van der Waals surface area (Å²) in [6.45, 7) is 2.09. The van der Waals surface area contributed by atoms with Crippen LogP contribution in [0.2, 0.25) is 0 Å². The second-order valence-electron chi connectivity index (χ2n) is 4.74. The number of nitrogens with zero attached hydrogens (tertiary/aromatic N) is 4. The summed E-state index contributed by atoms with van der Waals surface area (Å²) in [5.41, 5.74) is 6.09. The van der Waals surface area contributed by atoms with Gasteiger partial charge in [0.1, 0.15) is 0 Å². The van der Waals surface area contributed by atoms with Gasteiger partial charge in [-0.25, -0.2) is 9.78 Å². The van der Waals surface area contributed by atoms with Crippen LogP contribution in [0.5, 0.6) is 0 Å². The molecule has 0 aliphatic heterocycles. The second-order valence-corrected chi connectivity index (χ2v) is 4.74. The van der Waals surface area contributed by atoms with Crippen LogP contribution in [0.1, 0.15) is 32.4 Å². The van der Waals surface area contributed by atoms with E-state index in [0.29, 0.717) is 5.65 Å². The van der Waals surface area contributed by atoms with E-state index in [1.54, 1.807) is 11.6 Å². The molecule has 19 heavy (non-hydrogen) atoms. The fourth-order valence-electron chi connectivity index (χ4n) is 2.19. The van der Waals surface area contributed by atoms with Crippen LogP contribution in [0.25, 0.3) is 11.2 Å². The molecule has 0 radical (unpaired) electrons. The Morgan fingerprint density at radius 1 is 1.32 bits per heavy atom. The van der Waals surface area contributed by atoms with Crippen LogP contribution >= 0.6 is 0 Å². The molecule has 0 saturated heterocycles. The first-order chi connectivity index (χ1) is 8.99. The largest absolute Gasteiger partial charge is 0.332 e. The van der Waals surface area contributed by atoms with Gasteiger partial charge in [-0.2, -0.15) is 0 Å². The van der Waals surface area contributed by atoms with Gasteiger partial charge in [0.15, 0.2) is 11.2 Å². The molecule has 7 heteroatoms. The van der Waals surface area contributed by atoms with Crippen LogP contribution in [0.3, 0.4) is 0 Å². The lowest BCUT2D eigenvalue weighted by atomic mass is 10.2. The summed E-state index contributed by atoms with van der Waals surface area (Å²) in [4.78, 5) is 28.0. The Balaban J connectivity index is 2.66. The Labute approximate surface area is 110 Å². The van der Waals surface area contributed by atoms with Gasteiger partial charge in [0, 0.05) is 14.1 Å². The van der Waals surface area contributed by atoms with Gasteiger partial charge in [-0.15, -0.1) is 0 Å². The quantitative estimate of drug-likeness (QED) is 0.848. The molecule has 0 fully saturated rings. The second kappa shape index (κ2) is 5.00. The molecule has 2 N–H and O–H groups in total. The first-order valence-electron chi connectivity index (χ1n) is 6.37. The van der Waals surface area contributed by atoms with Crippen LogP contribution in [0, 0.1) is 0 Å². The predicted molar refractivity (Wildman–Crippen MR) is 73.0 cm³/mol. The highest BCUT2D eigenvalue weighted by Gasteiger charge is 2.16. The summed E-state index contributed by atoms with van der Waals surface area (Å²) < 4.78 is 4.17. The van der Waals surface area contributed by atoms with Crippen LogP contribution in [-0.2, 0) is 14.1 Å². The Bertz CT molecular complexity index is 709. The van der Waals surface area contributed by atoms with Gasteiger partial charge < -0.3 is 10.3 Å². The predicted octanol–water partition coefficient (Wildman–Crippen LogP) is 0.0812. The average Bonchev–Trinajstić information content (AvgIpc) is 2.85. The normalized spacial score (nSPS) is 13.1. The monoisotopic (exact) mass is 265 g/mol. The van der Waals surface area contributed by atoms with Crippen LogP contribution in [0.15, 0.2) is 15.9 Å². The third-order valence-corrected chi connectivity index (χ3v) is 3.38. The van der Waals surface area contributed by atoms with E-state index in [4.69, 9.17) is 5.73 Å². The van der Waals surface area contributed by atoms with Gasteiger partial charge in [-0.05, 0) is 6.42 Å². The van der Waals surface area contributed by atoms with E-state index < -0.39 is 0 Å². The topological polar surface area (TPSA) is 87.8 Å². The SMILES string of the molecule is CCCC[C@@H](N)n1cnc2c(=O)n(C)c(=O)n(C)c21. The highest BCUT2D eigenvalue weighted by atomic mass is 16.2. The number of rotatable bonds is 4. The molecule has 0 unspecified atom stereocenters. The van der Waals surface area contributed by atoms with Crippen molar-refractivity contribution < 1.29 is 0 Å². The van der Waals surface area contributed by atoms with Crippen molar-refractivity contribution in [2.24, 2.45) is 19.8 Å². The molecule has 0 aromatic carbocycles. The number of imidazole rings is 1. The zero-order chi connectivity index (χ0) is 14.2. The molecule has 104 valence electrons. The number of hydrogen-bond acceptors (Lipinski definition) is 4. The van der Waals surface area contributed by atoms with Gasteiger partial charge in [0.2, 0.25) is 0 Å². The van der Waals surface area contributed by atoms with Crippen LogP contribution in [-0.4, -0.2) is 18.7 Å². The van der Waals surface area contributed by atoms with Crippen molar-refractivity contribution >= 4 is 11.2 Å². The molecule has 0 aliphatic rings. The fourth-order valence-corrected chi connectivity index (χ4v) is 2.19. The molecule has 2 rings (SSSR count). The number of aromatic nitrogens is 4. The molecule has 2 aromatic rings. The summed E-state index contributed by atoms with van der Waals surface area (Å²) in [6.07, 6.45) is 4.07. The lowest BCUT2D eigenvalue weighted by Crippen LogP contribution is -2.38. The highest BCUT2D eigenvalue weighted by Crippen LogP contribution is 2.14. The van der Waals surface area contributed by atoms with Crippen molar-refractivity contribution in [3.63, 3.8) is 0 Å². The van der Waals surface area contributed by atoms with Gasteiger partial charge in [0.25, 0.3) is 5.56 Å². The standard InChI is InChI=1S/C12H19N5O2/c1-4-5-6-8(13)17-7-14-9-10(17)15(2)12(19)16(3)11(9)18/h7-8H,4-6,13H2,1-3H3/t8-/m0/s1. The summed E-state index contributed by atoms with van der Waals surface area (Å²) in [5.74, 6) is 0. The van der Waals surface area contributed by atoms with Gasteiger partial charge >= 0.3 is 5.69 Å². The molecule has 1 atom stereocenters. The highest BCUT2D eigenvalue weighted by molar-refractivity contribution is 5.70. The third-order valence-electron chi connectivity index (χ3n) is 3.38. The summed E-state index contributed by atoms with van der Waals surface area (Å²) >= 11 is 0. The van der Waals surface area contributed by atoms with Crippen molar-refractivity contribution in [1.29, 1.82) is 0 Å². The van der Waals surface area contributed by atoms with Crippen molar-refractivity contribution in [2.75, 3.05) is 0 Å². The Hall–Kier alpha value is -1.89. The van der Waals surface area contributed by atoms with E-state index in [1.807, 2.05) is 0 Å². The minimum Gasteiger partial charge on any atom is -0.311 e. The smallest absolute Gasteiger partial charge is 0.311 e. The molecule has 0 saturated carbocycles. The first-order valence-corrected chi connectivity index (χ1v) is 6.37. The van der Waals surface area contributed by atoms with E-state index in [2.05, 4.69) is 11.9 Å². The maximum Gasteiger partial charge on any atom is 0.332 e. The number of unbranched alkanes of at least 4 members (excludes halogenated alkanes) is 1. The Morgan fingerprint density at radius 2 is 2.00 bits per heavy atom. The Morgan fingerprint density at radius 3 is 2.63 bits per heavy atom. The van der Waals surface area contributed by atoms with E-state index >= 15 is 0 Å². The van der Waals surface area contributed by atoms with E-state index in [-0.39, 0.29) is 22.9 Å². The molecule has 0 aliphatic carbocycles. The van der Waals surface area contributed by atoms with E-state index in [9.17, 15) is 9.59 Å². The molecule has 0 amide bonds. The van der Waals surface area contributed by atoms with Gasteiger partial charge in [0.05, 0.1) is 12.5 Å². The van der Waals surface area contributed by atoms with Gasteiger partial charge in [-0.1, -0.05) is 19.8 Å². The van der Waals surface area contributed by atoms with Crippen molar-refractivity contribution in [1.82, 2.24) is 18.7 Å². The molecule has 7 nitrogen and oxygen atoms in total. The summed E-state index contributed by atoms with van der Waals surface area (Å²) in [5, 5.41) is 0. The van der Waals surface area contributed by atoms with Gasteiger partial charge in [-0.3, -0.25) is 13.9 Å². The zero-order valence-electron chi connectivity index (χ0n) is 11.5. The minimum atomic E-state index is -0.389. The summed E-state index contributed by atoms with van der Waals surface area (Å²) in [6, 6.07) is 0. The number of fused-ring (bicyclic) bond motifs is 1. The molecule has 0 bridgehead atoms. The van der Waals surface area contributed by atoms with Crippen molar-refractivity contribution in [3.05, 3.63) is 27.2 Å². The maximum absolute atomic E-state index is 12.0. The van der Waals surface area contributed by atoms with Crippen LogP contribution < -0.4 is 17.0 Å². The fraction of sp³-hybridized carbons (Fsp3) is 0.583. The molecular weight excluding hydrogens is 246 g/mol. The zero-order valence-corrected chi connectivity index (χ0v) is 11.5. The minimum absolute atomic E-state index is 0.275. The number of aryl methyl sites for hydroxylation is 1. The lowest BCUT2D eigenvalue weighted by molar-refractivity contribution is 0.467. The molecule has 2 aromatic heterocycles. The van der Waals surface area contributed by atoms with Crippen molar-refractivity contribution in [3.8, 4) is 0 Å². The molecule has 0 spiro atoms.